The highest BCUT2D eigenvalue weighted by Crippen LogP contribution is 2.61. The highest BCUT2D eigenvalue weighted by atomic mass is 31.3. The molecule has 3 rings (SSSR count). The molecule has 0 amide bonds. The molecule has 0 aromatic carbocycles. The largest absolute Gasteiger partial charge is 0.483 e. The highest BCUT2D eigenvalue weighted by molar-refractivity contribution is 7.61. The molecule has 3 heterocycles. The molecule has 24 heteroatoms. The van der Waals surface area contributed by atoms with Crippen molar-refractivity contribution in [1.29, 1.82) is 0 Å². The first-order valence-electron chi connectivity index (χ1n) is 34.6. The van der Waals surface area contributed by atoms with Crippen LogP contribution in [0, 0.1) is 0 Å². The number of ether oxygens (including phenoxy) is 5. The minimum absolute atomic E-state index is 0.523. The van der Waals surface area contributed by atoms with Crippen LogP contribution in [0.4, 0.5) is 0 Å². The van der Waals surface area contributed by atoms with Gasteiger partial charge >= 0.3 is 15.6 Å². The Hall–Kier alpha value is -3.20. The Morgan fingerprint density at radius 2 is 0.619 bits per heavy atom. The Morgan fingerprint density at radius 3 is 0.959 bits per heavy atom. The molecule has 0 aromatic heterocycles. The second-order valence-corrected chi connectivity index (χ2v) is 29.9. The first-order chi connectivity index (χ1) is 45.8. The normalized spacial score (nSPS) is 29.4. The summed E-state index contributed by atoms with van der Waals surface area (Å²) >= 11 is 0. The third kappa shape index (κ3) is 34.6. The summed E-state index contributed by atoms with van der Waals surface area (Å²) in [5, 5.41) is 105. The maximum Gasteiger partial charge on any atom is 0.483 e. The molecule has 2 unspecified atom stereocenters. The molecule has 0 spiro atoms. The van der Waals surface area contributed by atoms with Crippen LogP contribution in [0.2, 0.25) is 0 Å². The van der Waals surface area contributed by atoms with E-state index in [4.69, 9.17) is 32.7 Å². The molecular weight excluding hydrogens is 1290 g/mol. The van der Waals surface area contributed by atoms with E-state index in [0.29, 0.717) is 12.8 Å². The number of phosphoric ester groups is 2. The number of phosphoric acid groups is 2. The van der Waals surface area contributed by atoms with Crippen molar-refractivity contribution in [2.24, 2.45) is 0 Å². The van der Waals surface area contributed by atoms with Crippen LogP contribution in [0.15, 0.2) is 128 Å². The third-order valence-electron chi connectivity index (χ3n) is 17.6. The molecule has 0 saturated carbocycles. The van der Waals surface area contributed by atoms with E-state index in [-0.39, 0.29) is 0 Å². The number of rotatable bonds is 44. The third-order valence-corrected chi connectivity index (χ3v) is 20.2. The molecule has 12 N–H and O–H groups in total. The second-order valence-electron chi connectivity index (χ2n) is 26.9. The zero-order chi connectivity index (χ0) is 72.4. The van der Waals surface area contributed by atoms with Crippen LogP contribution < -0.4 is 0 Å². The van der Waals surface area contributed by atoms with Gasteiger partial charge in [-0.05, 0) is 212 Å². The van der Waals surface area contributed by atoms with Gasteiger partial charge in [-0.25, -0.2) is 9.13 Å². The summed E-state index contributed by atoms with van der Waals surface area (Å²) in [6.45, 7) is 22.7. The maximum absolute atomic E-state index is 13.1. The molecule has 0 aliphatic carbocycles. The summed E-state index contributed by atoms with van der Waals surface area (Å²) in [7, 11) is -11.1. The maximum atomic E-state index is 13.1. The van der Waals surface area contributed by atoms with E-state index in [1.807, 2.05) is 0 Å². The monoisotopic (exact) mass is 1410 g/mol. The zero-order valence-electron chi connectivity index (χ0n) is 59.8. The van der Waals surface area contributed by atoms with E-state index >= 15 is 0 Å². The van der Waals surface area contributed by atoms with E-state index in [0.717, 1.165) is 121 Å². The molecule has 0 radical (unpaired) electrons. The average molecular weight is 1410 g/mol. The summed E-state index contributed by atoms with van der Waals surface area (Å²) in [5.41, 5.74) is 15.0. The van der Waals surface area contributed by atoms with Crippen molar-refractivity contribution in [2.75, 3.05) is 26.4 Å². The summed E-state index contributed by atoms with van der Waals surface area (Å²) < 4.78 is 67.7. The van der Waals surface area contributed by atoms with Crippen LogP contribution in [0.3, 0.4) is 0 Å². The molecule has 17 atom stereocenters. The number of aliphatic hydroxyl groups is 10. The quantitative estimate of drug-likeness (QED) is 0.0199. The van der Waals surface area contributed by atoms with Crippen LogP contribution in [0.25, 0.3) is 0 Å². The fourth-order valence-corrected chi connectivity index (χ4v) is 13.3. The van der Waals surface area contributed by atoms with Gasteiger partial charge in [0.1, 0.15) is 73.2 Å². The summed E-state index contributed by atoms with van der Waals surface area (Å²) in [4.78, 5) is 21.0. The Bertz CT molecular complexity index is 2790. The molecule has 97 heavy (non-hydrogen) atoms. The van der Waals surface area contributed by atoms with E-state index < -0.39 is 134 Å². The lowest BCUT2D eigenvalue weighted by Crippen LogP contribution is -2.67. The van der Waals surface area contributed by atoms with E-state index in [2.05, 4.69) is 141 Å². The van der Waals surface area contributed by atoms with Gasteiger partial charge in [-0.3, -0.25) is 9.05 Å². The molecule has 3 aliphatic heterocycles. The van der Waals surface area contributed by atoms with Gasteiger partial charge in [-0.1, -0.05) is 128 Å². The Morgan fingerprint density at radius 1 is 0.330 bits per heavy atom. The van der Waals surface area contributed by atoms with Crippen molar-refractivity contribution in [1.82, 2.24) is 0 Å². The Kier molecular flexibility index (Phi) is 42.1. The van der Waals surface area contributed by atoms with Gasteiger partial charge < -0.3 is 84.5 Å². The molecule has 3 aliphatic rings. The van der Waals surface area contributed by atoms with Gasteiger partial charge in [0.25, 0.3) is 0 Å². The van der Waals surface area contributed by atoms with Crippen LogP contribution in [-0.2, 0) is 46.2 Å². The zero-order valence-corrected chi connectivity index (χ0v) is 61.6. The van der Waals surface area contributed by atoms with Crippen LogP contribution in [-0.4, -0.2) is 179 Å². The molecular formula is C73H122O22P2. The molecule has 0 aromatic rings. The number of aliphatic hydroxyl groups excluding tert-OH is 10. The molecule has 3 saturated heterocycles. The minimum Gasteiger partial charge on any atom is -0.394 e. The topological polar surface area (TPSA) is 351 Å². The Balaban J connectivity index is 1.34. The van der Waals surface area contributed by atoms with Crippen molar-refractivity contribution < 1.29 is 107 Å². The van der Waals surface area contributed by atoms with Crippen LogP contribution in [0.5, 0.6) is 0 Å². The van der Waals surface area contributed by atoms with Crippen molar-refractivity contribution in [3.8, 4) is 0 Å². The Labute approximate surface area is 578 Å². The van der Waals surface area contributed by atoms with Crippen molar-refractivity contribution >= 4 is 15.6 Å². The molecule has 556 valence electrons. The van der Waals surface area contributed by atoms with Crippen molar-refractivity contribution in [2.45, 2.75) is 304 Å². The first kappa shape index (κ1) is 88.0. The van der Waals surface area contributed by atoms with Crippen molar-refractivity contribution in [3.05, 3.63) is 128 Å². The van der Waals surface area contributed by atoms with Crippen LogP contribution in [0.1, 0.15) is 212 Å². The fraction of sp³-hybridized carbons (Fsp3) is 0.699. The highest BCUT2D eigenvalue weighted by Gasteiger charge is 2.55. The van der Waals surface area contributed by atoms with E-state index in [1.54, 1.807) is 6.92 Å². The summed E-state index contributed by atoms with van der Waals surface area (Å²) in [6, 6.07) is 0. The summed E-state index contributed by atoms with van der Waals surface area (Å²) in [6.07, 6.45) is 16.1. The predicted octanol–water partition coefficient (Wildman–Crippen LogP) is 11.9. The lowest BCUT2D eigenvalue weighted by Gasteiger charge is -2.48. The van der Waals surface area contributed by atoms with Crippen molar-refractivity contribution in [3.63, 3.8) is 0 Å². The minimum atomic E-state index is -5.74. The predicted molar refractivity (Wildman–Crippen MR) is 376 cm³/mol. The van der Waals surface area contributed by atoms with Gasteiger partial charge in [0.2, 0.25) is 0 Å². The van der Waals surface area contributed by atoms with Gasteiger partial charge in [-0.15, -0.1) is 0 Å². The number of hydrogen-bond acceptors (Lipinski definition) is 20. The van der Waals surface area contributed by atoms with E-state index in [1.165, 1.54) is 61.8 Å². The SMILES string of the molecule is CC(C)=CCC/C(C)=C/CC/C(C)=C/CC/C(C)=C\CC/C(C)=C\CC/C(C)=C\CC/C(C)=C\CC/C(C)=C\CC/C(C)=C\CC/C(C)=C\CC/C(C)=C\COP(=O)(O)OP(=O)(O)O[C@H]1O[C@H](CO)[C@H](O)[C@H](O[C@H]2O[C@H](CO)[C@@H](O)[C@H](O)[C@@H]2O[C@H]2O[C@H](CO)[C@@H](O)[C@H](O)[C@@H]2O)[C@H]1O. The average Bonchev–Trinajstić information content (AvgIpc) is 0.781. The fourth-order valence-electron chi connectivity index (χ4n) is 11.2. The first-order valence-corrected chi connectivity index (χ1v) is 37.6. The van der Waals surface area contributed by atoms with Gasteiger partial charge in [0, 0.05) is 0 Å². The lowest BCUT2D eigenvalue weighted by atomic mass is 9.96. The van der Waals surface area contributed by atoms with E-state index in [9.17, 15) is 70.0 Å². The summed E-state index contributed by atoms with van der Waals surface area (Å²) in [5.74, 6) is 0. The standard InChI is InChI=1S/C73H122O22P2/c1-48(2)23-13-24-49(3)25-14-26-50(4)27-15-28-51(5)29-16-30-52(6)31-17-32-53(7)33-18-34-54(8)35-19-36-55(9)37-20-38-56(10)39-21-40-57(11)41-22-42-58(12)43-44-88-96(84,85)95-97(86,87)94-72-68(83)69(64(79)61(47-76)90-72)92-73-70(66(81)63(78)60(46-75)91-73)93-71-67(82)65(80)62(77)59(45-74)89-71/h23,25,27,29,31,33,35,37,39,41,43,59-83H,13-22,24,26,28,30,32,34,36,38,40,42,44-47H2,1-12H3,(H,84,85)(H,86,87)/b49-25+,50-27+,51-29-,52-31-,53-33-,54-35-,55-37-,56-39-,57-41-,58-43-/t59-,60-,61-,62-,63-,64+,65+,66+,67+,68-,69+,70+,71-,72-,73-/m1/s1. The molecule has 22 nitrogen and oxygen atoms in total. The van der Waals surface area contributed by atoms with Gasteiger partial charge in [-0.2, -0.15) is 4.31 Å². The number of allylic oxidation sites excluding steroid dienone is 21. The van der Waals surface area contributed by atoms with Crippen LogP contribution >= 0.6 is 15.6 Å². The second kappa shape index (κ2) is 46.4. The molecule has 0 bridgehead atoms. The van der Waals surface area contributed by atoms with Gasteiger partial charge in [0.15, 0.2) is 18.9 Å². The molecule has 3 fully saturated rings. The van der Waals surface area contributed by atoms with Gasteiger partial charge in [0.05, 0.1) is 26.4 Å². The lowest BCUT2D eigenvalue weighted by molar-refractivity contribution is -0.386. The smallest absolute Gasteiger partial charge is 0.394 e. The number of hydrogen-bond donors (Lipinski definition) is 12.